The third-order valence-corrected chi connectivity index (χ3v) is 3.81. The Balaban J connectivity index is 1.86. The van der Waals surface area contributed by atoms with Crippen LogP contribution in [0.4, 0.5) is 0 Å². The summed E-state index contributed by atoms with van der Waals surface area (Å²) in [5.74, 6) is 0.899. The van der Waals surface area contributed by atoms with Crippen LogP contribution >= 0.6 is 0 Å². The molecule has 1 atom stereocenters. The zero-order valence-electron chi connectivity index (χ0n) is 11.7. The Morgan fingerprint density at radius 2 is 1.84 bits per heavy atom. The number of carbonyl (C=O) groups excluding carboxylic acids is 1. The molecule has 1 aromatic carbocycles. The first-order chi connectivity index (χ1) is 9.22. The molecule has 1 aliphatic heterocycles. The lowest BCUT2D eigenvalue weighted by atomic mass is 10.1. The SMILES string of the molecule is COc1ccc(C[C@@H](C)N2CCN(C=O)CC2)cc1. The van der Waals surface area contributed by atoms with Crippen molar-refractivity contribution in [1.29, 1.82) is 0 Å². The first-order valence-electron chi connectivity index (χ1n) is 6.79. The van der Waals surface area contributed by atoms with E-state index in [2.05, 4.69) is 24.0 Å². The summed E-state index contributed by atoms with van der Waals surface area (Å²) < 4.78 is 5.17. The van der Waals surface area contributed by atoms with E-state index in [1.165, 1.54) is 5.56 Å². The van der Waals surface area contributed by atoms with Crippen molar-refractivity contribution >= 4 is 6.41 Å². The van der Waals surface area contributed by atoms with E-state index in [4.69, 9.17) is 4.74 Å². The number of nitrogens with zero attached hydrogens (tertiary/aromatic N) is 2. The van der Waals surface area contributed by atoms with E-state index in [0.717, 1.165) is 44.8 Å². The molecule has 0 bridgehead atoms. The lowest BCUT2D eigenvalue weighted by molar-refractivity contribution is -0.120. The highest BCUT2D eigenvalue weighted by molar-refractivity contribution is 5.47. The summed E-state index contributed by atoms with van der Waals surface area (Å²) in [6.45, 7) is 5.87. The molecule has 0 saturated carbocycles. The molecule has 4 nitrogen and oxygen atoms in total. The number of carbonyl (C=O) groups is 1. The molecular weight excluding hydrogens is 240 g/mol. The van der Waals surface area contributed by atoms with Crippen LogP contribution in [0.2, 0.25) is 0 Å². The number of amides is 1. The topological polar surface area (TPSA) is 32.8 Å². The van der Waals surface area contributed by atoms with E-state index in [-0.39, 0.29) is 0 Å². The van der Waals surface area contributed by atoms with Crippen LogP contribution in [-0.4, -0.2) is 55.5 Å². The van der Waals surface area contributed by atoms with Crippen LogP contribution in [0.5, 0.6) is 5.75 Å². The standard InChI is InChI=1S/C15H22N2O2/c1-13(17-9-7-16(12-18)8-10-17)11-14-3-5-15(19-2)6-4-14/h3-6,12-13H,7-11H2,1-2H3/t13-/m1/s1. The fraction of sp³-hybridized carbons (Fsp3) is 0.533. The summed E-state index contributed by atoms with van der Waals surface area (Å²) in [6.07, 6.45) is 1.98. The van der Waals surface area contributed by atoms with Gasteiger partial charge >= 0.3 is 0 Å². The van der Waals surface area contributed by atoms with E-state index < -0.39 is 0 Å². The van der Waals surface area contributed by atoms with Crippen molar-refractivity contribution in [2.24, 2.45) is 0 Å². The van der Waals surface area contributed by atoms with Crippen LogP contribution in [0.3, 0.4) is 0 Å². The minimum atomic E-state index is 0.502. The van der Waals surface area contributed by atoms with Crippen molar-refractivity contribution in [3.63, 3.8) is 0 Å². The molecular formula is C15H22N2O2. The molecule has 104 valence electrons. The normalized spacial score (nSPS) is 18.1. The molecule has 0 spiro atoms. The fourth-order valence-electron chi connectivity index (χ4n) is 2.52. The second-order valence-electron chi connectivity index (χ2n) is 5.08. The zero-order valence-corrected chi connectivity index (χ0v) is 11.7. The molecule has 1 heterocycles. The third kappa shape index (κ3) is 3.70. The van der Waals surface area contributed by atoms with Gasteiger partial charge in [-0.3, -0.25) is 9.69 Å². The number of hydrogen-bond donors (Lipinski definition) is 0. The molecule has 1 fully saturated rings. The number of piperazine rings is 1. The first kappa shape index (κ1) is 13.9. The van der Waals surface area contributed by atoms with Gasteiger partial charge in [0.25, 0.3) is 0 Å². The number of hydrogen-bond acceptors (Lipinski definition) is 3. The van der Waals surface area contributed by atoms with Gasteiger partial charge in [0.2, 0.25) is 6.41 Å². The molecule has 1 saturated heterocycles. The largest absolute Gasteiger partial charge is 0.497 e. The minimum Gasteiger partial charge on any atom is -0.497 e. The lowest BCUT2D eigenvalue weighted by Gasteiger charge is -2.36. The highest BCUT2D eigenvalue weighted by atomic mass is 16.5. The zero-order chi connectivity index (χ0) is 13.7. The molecule has 4 heteroatoms. The number of benzene rings is 1. The van der Waals surface area contributed by atoms with Crippen molar-refractivity contribution < 1.29 is 9.53 Å². The second-order valence-corrected chi connectivity index (χ2v) is 5.08. The molecule has 0 N–H and O–H groups in total. The van der Waals surface area contributed by atoms with Crippen LogP contribution in [0.15, 0.2) is 24.3 Å². The van der Waals surface area contributed by atoms with Crippen LogP contribution < -0.4 is 4.74 Å². The molecule has 0 unspecified atom stereocenters. The Morgan fingerprint density at radius 3 is 2.37 bits per heavy atom. The molecule has 1 aromatic rings. The average Bonchev–Trinajstić information content (AvgIpc) is 2.48. The van der Waals surface area contributed by atoms with Crippen molar-refractivity contribution in [1.82, 2.24) is 9.80 Å². The molecule has 1 aliphatic rings. The smallest absolute Gasteiger partial charge is 0.209 e. The molecule has 0 aromatic heterocycles. The monoisotopic (exact) mass is 262 g/mol. The Labute approximate surface area is 115 Å². The van der Waals surface area contributed by atoms with Gasteiger partial charge in [-0.05, 0) is 31.0 Å². The lowest BCUT2D eigenvalue weighted by Crippen LogP contribution is -2.49. The van der Waals surface area contributed by atoms with Crippen LogP contribution in [0.1, 0.15) is 12.5 Å². The number of methoxy groups -OCH3 is 1. The van der Waals surface area contributed by atoms with Gasteiger partial charge < -0.3 is 9.64 Å². The highest BCUT2D eigenvalue weighted by Crippen LogP contribution is 2.15. The van der Waals surface area contributed by atoms with E-state index in [1.54, 1.807) is 7.11 Å². The molecule has 0 radical (unpaired) electrons. The van der Waals surface area contributed by atoms with E-state index in [9.17, 15) is 4.79 Å². The van der Waals surface area contributed by atoms with Gasteiger partial charge in [0.05, 0.1) is 7.11 Å². The van der Waals surface area contributed by atoms with Crippen molar-refractivity contribution in [3.8, 4) is 5.75 Å². The molecule has 19 heavy (non-hydrogen) atoms. The summed E-state index contributed by atoms with van der Waals surface area (Å²) >= 11 is 0. The summed E-state index contributed by atoms with van der Waals surface area (Å²) in [5, 5.41) is 0. The van der Waals surface area contributed by atoms with Gasteiger partial charge in [0.1, 0.15) is 5.75 Å². The van der Waals surface area contributed by atoms with Gasteiger partial charge in [0.15, 0.2) is 0 Å². The summed E-state index contributed by atoms with van der Waals surface area (Å²) in [5.41, 5.74) is 1.33. The summed E-state index contributed by atoms with van der Waals surface area (Å²) in [7, 11) is 1.68. The van der Waals surface area contributed by atoms with Gasteiger partial charge in [-0.1, -0.05) is 12.1 Å². The minimum absolute atomic E-state index is 0.502. The Kier molecular flexibility index (Phi) is 4.80. The van der Waals surface area contributed by atoms with E-state index in [1.807, 2.05) is 17.0 Å². The molecule has 0 aliphatic carbocycles. The summed E-state index contributed by atoms with van der Waals surface area (Å²) in [6, 6.07) is 8.76. The number of rotatable bonds is 5. The first-order valence-corrected chi connectivity index (χ1v) is 6.79. The predicted octanol–water partition coefficient (Wildman–Crippen LogP) is 1.40. The third-order valence-electron chi connectivity index (χ3n) is 3.81. The van der Waals surface area contributed by atoms with E-state index in [0.29, 0.717) is 6.04 Å². The predicted molar refractivity (Wildman–Crippen MR) is 75.4 cm³/mol. The van der Waals surface area contributed by atoms with Gasteiger partial charge in [-0.25, -0.2) is 0 Å². The van der Waals surface area contributed by atoms with Crippen LogP contribution in [0, 0.1) is 0 Å². The van der Waals surface area contributed by atoms with E-state index >= 15 is 0 Å². The maximum absolute atomic E-state index is 10.7. The van der Waals surface area contributed by atoms with Crippen molar-refractivity contribution in [3.05, 3.63) is 29.8 Å². The second kappa shape index (κ2) is 6.57. The Bertz CT molecular complexity index is 397. The van der Waals surface area contributed by atoms with Gasteiger partial charge in [-0.15, -0.1) is 0 Å². The average molecular weight is 262 g/mol. The van der Waals surface area contributed by atoms with Gasteiger partial charge in [0, 0.05) is 32.2 Å². The number of ether oxygens (including phenoxy) is 1. The maximum Gasteiger partial charge on any atom is 0.209 e. The maximum atomic E-state index is 10.7. The molecule has 2 rings (SSSR count). The highest BCUT2D eigenvalue weighted by Gasteiger charge is 2.20. The fourth-order valence-corrected chi connectivity index (χ4v) is 2.52. The molecule has 1 amide bonds. The van der Waals surface area contributed by atoms with Gasteiger partial charge in [-0.2, -0.15) is 0 Å². The Hall–Kier alpha value is -1.55. The van der Waals surface area contributed by atoms with Crippen molar-refractivity contribution in [2.75, 3.05) is 33.3 Å². The van der Waals surface area contributed by atoms with Crippen molar-refractivity contribution in [2.45, 2.75) is 19.4 Å². The summed E-state index contributed by atoms with van der Waals surface area (Å²) in [4.78, 5) is 15.0. The van der Waals surface area contributed by atoms with Crippen LogP contribution in [0.25, 0.3) is 0 Å². The quantitative estimate of drug-likeness (QED) is 0.752. The Morgan fingerprint density at radius 1 is 1.21 bits per heavy atom. The van der Waals surface area contributed by atoms with Crippen LogP contribution in [-0.2, 0) is 11.2 Å².